The smallest absolute Gasteiger partial charge is 0.316 e. The minimum absolute atomic E-state index is 0.167. The van der Waals surface area contributed by atoms with Gasteiger partial charge in [-0.15, -0.1) is 0 Å². The van der Waals surface area contributed by atoms with E-state index < -0.39 is 0 Å². The summed E-state index contributed by atoms with van der Waals surface area (Å²) < 4.78 is 9.81. The molecule has 0 N–H and O–H groups in total. The summed E-state index contributed by atoms with van der Waals surface area (Å²) in [5.74, 6) is 0. The summed E-state index contributed by atoms with van der Waals surface area (Å²) in [6, 6.07) is 13.6. The van der Waals surface area contributed by atoms with E-state index in [9.17, 15) is 4.79 Å². The van der Waals surface area contributed by atoms with E-state index in [0.717, 1.165) is 32.0 Å². The van der Waals surface area contributed by atoms with Crippen molar-refractivity contribution in [3.05, 3.63) is 75.9 Å². The van der Waals surface area contributed by atoms with Gasteiger partial charge in [-0.1, -0.05) is 28.1 Å². The molecule has 8 heteroatoms. The van der Waals surface area contributed by atoms with Crippen LogP contribution in [0.5, 0.6) is 6.01 Å². The van der Waals surface area contributed by atoms with Crippen molar-refractivity contribution in [2.75, 3.05) is 6.61 Å². The molecule has 7 nitrogen and oxygen atoms in total. The van der Waals surface area contributed by atoms with Crippen LogP contribution in [0.25, 0.3) is 38.6 Å². The molecule has 154 valence electrons. The zero-order chi connectivity index (χ0) is 21.5. The first kappa shape index (κ1) is 19.4. The number of aryl methyl sites for hydroxylation is 1. The van der Waals surface area contributed by atoms with Gasteiger partial charge in [-0.05, 0) is 42.8 Å². The standard InChI is InChI=1S/C23H18BrN5O2/c1-3-31-23-25-11-16-13-29(18-8-9-19-15(10-18)12-28(2)27-19)22(30)20(21(16)26-23)14-4-6-17(24)7-5-14/h4-13H,3H2,1-2H3. The van der Waals surface area contributed by atoms with Crippen molar-refractivity contribution < 1.29 is 4.74 Å². The summed E-state index contributed by atoms with van der Waals surface area (Å²) in [7, 11) is 1.88. The van der Waals surface area contributed by atoms with E-state index in [0.29, 0.717) is 17.7 Å². The van der Waals surface area contributed by atoms with Crippen molar-refractivity contribution in [1.82, 2.24) is 24.3 Å². The van der Waals surface area contributed by atoms with Crippen molar-refractivity contribution in [3.8, 4) is 22.8 Å². The molecule has 0 spiro atoms. The van der Waals surface area contributed by atoms with Crippen LogP contribution in [0.3, 0.4) is 0 Å². The average molecular weight is 476 g/mol. The van der Waals surface area contributed by atoms with Crippen LogP contribution in [0.1, 0.15) is 6.92 Å². The van der Waals surface area contributed by atoms with E-state index in [4.69, 9.17) is 4.74 Å². The Morgan fingerprint density at radius 3 is 2.65 bits per heavy atom. The molecular formula is C23H18BrN5O2. The lowest BCUT2D eigenvalue weighted by atomic mass is 10.0. The number of benzene rings is 2. The summed E-state index contributed by atoms with van der Waals surface area (Å²) >= 11 is 3.46. The summed E-state index contributed by atoms with van der Waals surface area (Å²) in [4.78, 5) is 22.5. The van der Waals surface area contributed by atoms with Crippen molar-refractivity contribution in [1.29, 1.82) is 0 Å². The molecule has 0 saturated heterocycles. The fourth-order valence-electron chi connectivity index (χ4n) is 3.64. The van der Waals surface area contributed by atoms with E-state index in [1.54, 1.807) is 21.6 Å². The number of nitrogens with zero attached hydrogens (tertiary/aromatic N) is 5. The SMILES string of the molecule is CCOc1ncc2cn(-c3ccc4nn(C)cc4c3)c(=O)c(-c3ccc(Br)cc3)c2n1. The normalized spacial score (nSPS) is 11.3. The number of fused-ring (bicyclic) bond motifs is 2. The molecule has 5 rings (SSSR count). The van der Waals surface area contributed by atoms with Gasteiger partial charge < -0.3 is 4.74 Å². The number of ether oxygens (including phenoxy) is 1. The fourth-order valence-corrected chi connectivity index (χ4v) is 3.91. The molecule has 0 aliphatic rings. The Kier molecular flexibility index (Phi) is 4.78. The van der Waals surface area contributed by atoms with Crippen LogP contribution < -0.4 is 10.3 Å². The molecule has 0 unspecified atom stereocenters. The maximum atomic E-state index is 13.7. The van der Waals surface area contributed by atoms with Crippen molar-refractivity contribution in [2.24, 2.45) is 7.05 Å². The molecule has 31 heavy (non-hydrogen) atoms. The van der Waals surface area contributed by atoms with Gasteiger partial charge in [0.05, 0.1) is 23.2 Å². The Bertz CT molecular complexity index is 1490. The molecule has 0 aliphatic carbocycles. The number of hydrogen-bond acceptors (Lipinski definition) is 5. The van der Waals surface area contributed by atoms with Gasteiger partial charge in [0.15, 0.2) is 0 Å². The van der Waals surface area contributed by atoms with Crippen LogP contribution in [-0.4, -0.2) is 30.9 Å². The molecule has 0 atom stereocenters. The highest BCUT2D eigenvalue weighted by Crippen LogP contribution is 2.27. The first-order valence-electron chi connectivity index (χ1n) is 9.78. The van der Waals surface area contributed by atoms with Crippen molar-refractivity contribution in [2.45, 2.75) is 6.92 Å². The quantitative estimate of drug-likeness (QED) is 0.382. The summed E-state index contributed by atoms with van der Waals surface area (Å²) in [6.07, 6.45) is 5.39. The Labute approximate surface area is 186 Å². The molecule has 0 fully saturated rings. The van der Waals surface area contributed by atoms with Gasteiger partial charge in [0.1, 0.15) is 0 Å². The van der Waals surface area contributed by atoms with E-state index in [-0.39, 0.29) is 11.6 Å². The summed E-state index contributed by atoms with van der Waals surface area (Å²) in [6.45, 7) is 2.32. The topological polar surface area (TPSA) is 74.8 Å². The van der Waals surface area contributed by atoms with Gasteiger partial charge in [-0.2, -0.15) is 10.1 Å². The molecular weight excluding hydrogens is 458 g/mol. The molecule has 3 aromatic heterocycles. The van der Waals surface area contributed by atoms with Gasteiger partial charge in [0, 0.05) is 46.6 Å². The minimum atomic E-state index is -0.167. The first-order valence-corrected chi connectivity index (χ1v) is 10.6. The predicted molar refractivity (Wildman–Crippen MR) is 124 cm³/mol. The van der Waals surface area contributed by atoms with Gasteiger partial charge in [0.25, 0.3) is 5.56 Å². The van der Waals surface area contributed by atoms with Crippen LogP contribution in [0.2, 0.25) is 0 Å². The largest absolute Gasteiger partial charge is 0.464 e. The van der Waals surface area contributed by atoms with Gasteiger partial charge in [-0.25, -0.2) is 4.98 Å². The van der Waals surface area contributed by atoms with Crippen LogP contribution in [0.4, 0.5) is 0 Å². The maximum Gasteiger partial charge on any atom is 0.316 e. The van der Waals surface area contributed by atoms with Crippen LogP contribution in [-0.2, 0) is 7.05 Å². The Morgan fingerprint density at radius 2 is 1.87 bits per heavy atom. The number of pyridine rings is 1. The highest BCUT2D eigenvalue weighted by molar-refractivity contribution is 9.10. The highest BCUT2D eigenvalue weighted by atomic mass is 79.9. The first-order chi connectivity index (χ1) is 15.0. The number of halogens is 1. The lowest BCUT2D eigenvalue weighted by Crippen LogP contribution is -2.20. The molecule has 0 amide bonds. The molecule has 0 bridgehead atoms. The maximum absolute atomic E-state index is 13.7. The number of hydrogen-bond donors (Lipinski definition) is 0. The van der Waals surface area contributed by atoms with E-state index >= 15 is 0 Å². The van der Waals surface area contributed by atoms with Gasteiger partial charge in [0.2, 0.25) is 0 Å². The second kappa shape index (κ2) is 7.63. The fraction of sp³-hybridized carbons (Fsp3) is 0.130. The third-order valence-corrected chi connectivity index (χ3v) is 5.55. The lowest BCUT2D eigenvalue weighted by molar-refractivity contribution is 0.314. The minimum Gasteiger partial charge on any atom is -0.464 e. The van der Waals surface area contributed by atoms with Gasteiger partial charge >= 0.3 is 6.01 Å². The Morgan fingerprint density at radius 1 is 1.06 bits per heavy atom. The third kappa shape index (κ3) is 3.48. The average Bonchev–Trinajstić information content (AvgIpc) is 3.14. The van der Waals surface area contributed by atoms with E-state index in [1.807, 2.05) is 62.6 Å². The zero-order valence-corrected chi connectivity index (χ0v) is 18.5. The van der Waals surface area contributed by atoms with Crippen molar-refractivity contribution in [3.63, 3.8) is 0 Å². The van der Waals surface area contributed by atoms with Crippen molar-refractivity contribution >= 4 is 37.7 Å². The molecule has 0 radical (unpaired) electrons. The van der Waals surface area contributed by atoms with Crippen LogP contribution in [0.15, 0.2) is 70.3 Å². The Balaban J connectivity index is 1.81. The second-order valence-electron chi connectivity index (χ2n) is 7.12. The third-order valence-electron chi connectivity index (χ3n) is 5.02. The van der Waals surface area contributed by atoms with Crippen LogP contribution in [0, 0.1) is 0 Å². The highest BCUT2D eigenvalue weighted by Gasteiger charge is 2.16. The summed E-state index contributed by atoms with van der Waals surface area (Å²) in [5.41, 5.74) is 3.29. The monoisotopic (exact) mass is 475 g/mol. The van der Waals surface area contributed by atoms with E-state index in [2.05, 4.69) is 31.0 Å². The molecule has 2 aromatic carbocycles. The lowest BCUT2D eigenvalue weighted by Gasteiger charge is -2.13. The van der Waals surface area contributed by atoms with Gasteiger partial charge in [-0.3, -0.25) is 14.0 Å². The second-order valence-corrected chi connectivity index (χ2v) is 8.04. The predicted octanol–water partition coefficient (Wildman–Crippen LogP) is 4.50. The number of aromatic nitrogens is 5. The van der Waals surface area contributed by atoms with E-state index in [1.165, 1.54) is 0 Å². The number of rotatable bonds is 4. The molecule has 0 saturated carbocycles. The summed E-state index contributed by atoms with van der Waals surface area (Å²) in [5, 5.41) is 6.11. The molecule has 5 aromatic rings. The zero-order valence-electron chi connectivity index (χ0n) is 16.9. The molecule has 0 aliphatic heterocycles. The Hall–Kier alpha value is -3.52. The molecule has 3 heterocycles. The van der Waals surface area contributed by atoms with Crippen LogP contribution >= 0.6 is 15.9 Å².